The van der Waals surface area contributed by atoms with Crippen molar-refractivity contribution in [3.8, 4) is 0 Å². The van der Waals surface area contributed by atoms with Gasteiger partial charge >= 0.3 is 0 Å². The average molecular weight is 177 g/mol. The van der Waals surface area contributed by atoms with E-state index in [-0.39, 0.29) is 0 Å². The van der Waals surface area contributed by atoms with Crippen LogP contribution in [-0.2, 0) is 0 Å². The molecule has 0 aromatic rings. The van der Waals surface area contributed by atoms with E-state index in [9.17, 15) is 0 Å². The van der Waals surface area contributed by atoms with Crippen LogP contribution in [0.1, 0.15) is 44.9 Å². The number of hydrogen-bond donors (Lipinski definition) is 0. The summed E-state index contributed by atoms with van der Waals surface area (Å²) >= 11 is 0. The maximum absolute atomic E-state index is 5.50. The second kappa shape index (κ2) is 6.01. The third-order valence-corrected chi connectivity index (χ3v) is 3.18. The maximum atomic E-state index is 5.50. The van der Waals surface area contributed by atoms with Gasteiger partial charge in [0, 0.05) is 0 Å². The first kappa shape index (κ1) is 10.6. The Labute approximate surface area is 82.7 Å². The Balaban J connectivity index is 2.16. The Morgan fingerprint density at radius 3 is 2.54 bits per heavy atom. The molecule has 0 aliphatic heterocycles. The van der Waals surface area contributed by atoms with Gasteiger partial charge < -0.3 is 0 Å². The summed E-state index contributed by atoms with van der Waals surface area (Å²) in [5.41, 5.74) is 0. The Kier molecular flexibility index (Phi) is 4.88. The third-order valence-electron chi connectivity index (χ3n) is 3.18. The fourth-order valence-corrected chi connectivity index (χ4v) is 2.20. The van der Waals surface area contributed by atoms with E-state index >= 15 is 0 Å². The highest BCUT2D eigenvalue weighted by molar-refractivity contribution is 4.90. The second-order valence-corrected chi connectivity index (χ2v) is 4.17. The predicted molar refractivity (Wildman–Crippen MR) is 58.4 cm³/mol. The topological polar surface area (TPSA) is 0 Å². The van der Waals surface area contributed by atoms with Crippen molar-refractivity contribution in [3.63, 3.8) is 0 Å². The molecule has 0 bridgehead atoms. The van der Waals surface area contributed by atoms with Crippen LogP contribution in [0.4, 0.5) is 0 Å². The normalized spacial score (nSPS) is 20.9. The molecule has 1 aliphatic rings. The quantitative estimate of drug-likeness (QED) is 0.554. The lowest BCUT2D eigenvalue weighted by molar-refractivity contribution is 0.326. The van der Waals surface area contributed by atoms with E-state index in [1.165, 1.54) is 44.9 Å². The van der Waals surface area contributed by atoms with E-state index < -0.39 is 0 Å². The molecule has 73 valence electrons. The molecule has 0 saturated heterocycles. The van der Waals surface area contributed by atoms with Gasteiger partial charge in [-0.25, -0.2) is 0 Å². The molecule has 1 aliphatic carbocycles. The van der Waals surface area contributed by atoms with Crippen LogP contribution in [0.5, 0.6) is 0 Å². The summed E-state index contributed by atoms with van der Waals surface area (Å²) in [5, 5.41) is 0. The van der Waals surface area contributed by atoms with Gasteiger partial charge in [-0.2, -0.15) is 0 Å². The zero-order chi connectivity index (χ0) is 9.52. The molecule has 1 saturated carbocycles. The highest BCUT2D eigenvalue weighted by atomic mass is 14.2. The lowest BCUT2D eigenvalue weighted by Crippen LogP contribution is -2.07. The number of hydrogen-bond acceptors (Lipinski definition) is 0. The van der Waals surface area contributed by atoms with Crippen LogP contribution in [0.2, 0.25) is 0 Å². The Bertz CT molecular complexity index is 143. The van der Waals surface area contributed by atoms with E-state index in [2.05, 4.69) is 6.58 Å². The lowest BCUT2D eigenvalue weighted by atomic mass is 9.84. The molecule has 1 rings (SSSR count). The highest BCUT2D eigenvalue weighted by Crippen LogP contribution is 2.28. The van der Waals surface area contributed by atoms with Gasteiger partial charge in [0.2, 0.25) is 0 Å². The summed E-state index contributed by atoms with van der Waals surface area (Å²) in [5.74, 6) is 1.40. The van der Waals surface area contributed by atoms with Crippen LogP contribution in [0.3, 0.4) is 0 Å². The number of allylic oxidation sites excluding steroid dienone is 2. The van der Waals surface area contributed by atoms with Crippen LogP contribution in [0.25, 0.3) is 0 Å². The molecule has 0 N–H and O–H groups in total. The zero-order valence-corrected chi connectivity index (χ0v) is 8.54. The van der Waals surface area contributed by atoms with Crippen molar-refractivity contribution in [2.24, 2.45) is 11.8 Å². The lowest BCUT2D eigenvalue weighted by Gasteiger charge is -2.22. The van der Waals surface area contributed by atoms with Crippen LogP contribution >= 0.6 is 0 Å². The van der Waals surface area contributed by atoms with Crippen LogP contribution in [0, 0.1) is 18.4 Å². The first-order valence-corrected chi connectivity index (χ1v) is 5.54. The predicted octanol–water partition coefficient (Wildman–Crippen LogP) is 4.14. The highest BCUT2D eigenvalue weighted by Gasteiger charge is 2.13. The average Bonchev–Trinajstić information content (AvgIpc) is 2.21. The van der Waals surface area contributed by atoms with Crippen LogP contribution < -0.4 is 0 Å². The zero-order valence-electron chi connectivity index (χ0n) is 8.54. The molecule has 13 heavy (non-hydrogen) atoms. The molecule has 0 heteroatoms. The molecule has 1 unspecified atom stereocenters. The van der Waals surface area contributed by atoms with Gasteiger partial charge in [-0.15, -0.1) is 6.58 Å². The van der Waals surface area contributed by atoms with Gasteiger partial charge in [0.1, 0.15) is 0 Å². The van der Waals surface area contributed by atoms with Gasteiger partial charge in [-0.05, 0) is 24.7 Å². The minimum absolute atomic E-state index is 0.432. The SMILES string of the molecule is [CH]=CC(C=C)CCC1CCCCC1. The summed E-state index contributed by atoms with van der Waals surface area (Å²) in [7, 11) is 0. The van der Waals surface area contributed by atoms with Crippen molar-refractivity contribution < 1.29 is 0 Å². The molecule has 0 nitrogen and oxygen atoms in total. The van der Waals surface area contributed by atoms with Crippen molar-refractivity contribution >= 4 is 0 Å². The fraction of sp³-hybridized carbons (Fsp3) is 0.692. The van der Waals surface area contributed by atoms with Crippen molar-refractivity contribution in [3.05, 3.63) is 25.3 Å². The standard InChI is InChI=1S/C13H21/c1-3-12(4-2)10-11-13-8-6-5-7-9-13/h1,3-4,12-13H,2,5-11H2. The van der Waals surface area contributed by atoms with Gasteiger partial charge in [0.25, 0.3) is 0 Å². The minimum atomic E-state index is 0.432. The van der Waals surface area contributed by atoms with Gasteiger partial charge in [-0.1, -0.05) is 50.8 Å². The van der Waals surface area contributed by atoms with Crippen LogP contribution in [-0.4, -0.2) is 0 Å². The molecular formula is C13H21. The Hall–Kier alpha value is -0.520. The summed E-state index contributed by atoms with van der Waals surface area (Å²) in [4.78, 5) is 0. The third kappa shape index (κ3) is 3.80. The van der Waals surface area contributed by atoms with Gasteiger partial charge in [-0.3, -0.25) is 0 Å². The molecule has 1 atom stereocenters. The molecule has 1 fully saturated rings. The molecule has 0 aromatic carbocycles. The minimum Gasteiger partial charge on any atom is -0.102 e. The summed E-state index contributed by atoms with van der Waals surface area (Å²) in [6.07, 6.45) is 13.5. The molecular weight excluding hydrogens is 156 g/mol. The van der Waals surface area contributed by atoms with E-state index in [1.807, 2.05) is 6.08 Å². The van der Waals surface area contributed by atoms with E-state index in [1.54, 1.807) is 6.08 Å². The van der Waals surface area contributed by atoms with Crippen molar-refractivity contribution in [1.82, 2.24) is 0 Å². The molecule has 0 amide bonds. The van der Waals surface area contributed by atoms with Gasteiger partial charge in [0.15, 0.2) is 0 Å². The molecule has 0 heterocycles. The maximum Gasteiger partial charge on any atom is -0.00530 e. The first-order chi connectivity index (χ1) is 6.36. The Morgan fingerprint density at radius 2 is 2.00 bits per heavy atom. The van der Waals surface area contributed by atoms with Crippen molar-refractivity contribution in [1.29, 1.82) is 0 Å². The smallest absolute Gasteiger partial charge is 0.00530 e. The van der Waals surface area contributed by atoms with E-state index in [4.69, 9.17) is 6.58 Å². The second-order valence-electron chi connectivity index (χ2n) is 4.17. The van der Waals surface area contributed by atoms with Crippen LogP contribution in [0.15, 0.2) is 18.7 Å². The summed E-state index contributed by atoms with van der Waals surface area (Å²) in [6.45, 7) is 9.29. The Morgan fingerprint density at radius 1 is 1.31 bits per heavy atom. The number of rotatable bonds is 5. The van der Waals surface area contributed by atoms with E-state index in [0.717, 1.165) is 5.92 Å². The fourth-order valence-electron chi connectivity index (χ4n) is 2.20. The molecule has 0 aromatic heterocycles. The van der Waals surface area contributed by atoms with Crippen molar-refractivity contribution in [2.45, 2.75) is 44.9 Å². The first-order valence-electron chi connectivity index (χ1n) is 5.54. The molecule has 0 spiro atoms. The van der Waals surface area contributed by atoms with Gasteiger partial charge in [0.05, 0.1) is 0 Å². The summed E-state index contributed by atoms with van der Waals surface area (Å²) < 4.78 is 0. The van der Waals surface area contributed by atoms with Crippen molar-refractivity contribution in [2.75, 3.05) is 0 Å². The largest absolute Gasteiger partial charge is 0.102 e. The summed E-state index contributed by atoms with van der Waals surface area (Å²) in [6, 6.07) is 0. The molecule has 1 radical (unpaired) electrons. The van der Waals surface area contributed by atoms with E-state index in [0.29, 0.717) is 5.92 Å². The monoisotopic (exact) mass is 177 g/mol.